The summed E-state index contributed by atoms with van der Waals surface area (Å²) in [6, 6.07) is 10.0. The summed E-state index contributed by atoms with van der Waals surface area (Å²) in [5, 5.41) is 0.339. The summed E-state index contributed by atoms with van der Waals surface area (Å²) < 4.78 is 21.2. The van der Waals surface area contributed by atoms with Gasteiger partial charge in [0.25, 0.3) is 0 Å². The van der Waals surface area contributed by atoms with E-state index < -0.39 is 11.9 Å². The number of para-hydroxylation sites is 2. The molecule has 0 aliphatic carbocycles. The Morgan fingerprint density at radius 2 is 1.64 bits per heavy atom. The number of benzene rings is 2. The Balaban J connectivity index is 1.80. The van der Waals surface area contributed by atoms with E-state index in [0.717, 1.165) is 0 Å². The van der Waals surface area contributed by atoms with Crippen LogP contribution in [-0.2, 0) is 9.59 Å². The Morgan fingerprint density at radius 1 is 1.00 bits per heavy atom. The van der Waals surface area contributed by atoms with Gasteiger partial charge in [-0.05, 0) is 18.2 Å². The molecule has 0 saturated carbocycles. The van der Waals surface area contributed by atoms with E-state index >= 15 is 0 Å². The third-order valence-corrected chi connectivity index (χ3v) is 4.78. The van der Waals surface area contributed by atoms with Crippen LogP contribution in [0.25, 0.3) is 0 Å². The van der Waals surface area contributed by atoms with E-state index in [0.29, 0.717) is 33.7 Å². The second-order valence-corrected chi connectivity index (χ2v) is 6.54. The first-order chi connectivity index (χ1) is 13.5. The summed E-state index contributed by atoms with van der Waals surface area (Å²) in [7, 11) is 4.47. The topological polar surface area (TPSA) is 74.3 Å². The molecule has 3 rings (SSSR count). The first-order valence-electron chi connectivity index (χ1n) is 8.55. The second-order valence-electron chi connectivity index (χ2n) is 6.14. The lowest BCUT2D eigenvalue weighted by atomic mass is 10.1. The van der Waals surface area contributed by atoms with E-state index in [2.05, 4.69) is 0 Å². The van der Waals surface area contributed by atoms with Crippen molar-refractivity contribution in [2.75, 3.05) is 32.8 Å². The number of halogens is 1. The number of ether oxygens (including phenoxy) is 4. The van der Waals surface area contributed by atoms with E-state index in [9.17, 15) is 9.59 Å². The predicted molar refractivity (Wildman–Crippen MR) is 104 cm³/mol. The third-order valence-electron chi connectivity index (χ3n) is 4.48. The molecule has 2 aromatic carbocycles. The maximum absolute atomic E-state index is 12.6. The number of methoxy groups -OCH3 is 3. The smallest absolute Gasteiger partial charge is 0.316 e. The highest BCUT2D eigenvalue weighted by Gasteiger charge is 2.38. The molecule has 1 unspecified atom stereocenters. The molecule has 1 heterocycles. The van der Waals surface area contributed by atoms with Crippen LogP contribution < -0.4 is 23.8 Å². The molecular weight excluding hydrogens is 386 g/mol. The number of hydrogen-bond donors (Lipinski definition) is 0. The molecular formula is C20H20ClNO6. The van der Waals surface area contributed by atoms with Crippen LogP contribution in [-0.4, -0.2) is 39.8 Å². The van der Waals surface area contributed by atoms with Crippen molar-refractivity contribution in [3.63, 3.8) is 0 Å². The number of carbonyl (C=O) groups excluding carboxylic acids is 2. The summed E-state index contributed by atoms with van der Waals surface area (Å²) in [6.45, 7) is 0.159. The van der Waals surface area contributed by atoms with E-state index in [1.807, 2.05) is 0 Å². The van der Waals surface area contributed by atoms with Crippen molar-refractivity contribution in [2.24, 2.45) is 5.92 Å². The minimum absolute atomic E-state index is 0.0286. The van der Waals surface area contributed by atoms with Crippen molar-refractivity contribution in [2.45, 2.75) is 6.42 Å². The summed E-state index contributed by atoms with van der Waals surface area (Å²) >= 11 is 6.20. The van der Waals surface area contributed by atoms with Crippen molar-refractivity contribution in [1.29, 1.82) is 0 Å². The fraction of sp³-hybridized carbons (Fsp3) is 0.300. The Morgan fingerprint density at radius 3 is 2.29 bits per heavy atom. The SMILES string of the molecule is COc1cc(OC)c(N2CC(C(=O)Oc3ccccc3OC)CC2=O)cc1Cl. The zero-order valence-electron chi connectivity index (χ0n) is 15.7. The maximum Gasteiger partial charge on any atom is 0.316 e. The molecule has 0 N–H and O–H groups in total. The van der Waals surface area contributed by atoms with Crippen LogP contribution >= 0.6 is 11.6 Å². The lowest BCUT2D eigenvalue weighted by molar-refractivity contribution is -0.139. The van der Waals surface area contributed by atoms with Crippen molar-refractivity contribution >= 4 is 29.2 Å². The van der Waals surface area contributed by atoms with Gasteiger partial charge in [0.05, 0.1) is 38.0 Å². The Labute approximate surface area is 167 Å². The first kappa shape index (κ1) is 19.8. The van der Waals surface area contributed by atoms with Gasteiger partial charge in [0, 0.05) is 19.0 Å². The number of carbonyl (C=O) groups is 2. The molecule has 1 saturated heterocycles. The van der Waals surface area contributed by atoms with Crippen LogP contribution in [0.1, 0.15) is 6.42 Å². The number of hydrogen-bond acceptors (Lipinski definition) is 6. The monoisotopic (exact) mass is 405 g/mol. The summed E-state index contributed by atoms with van der Waals surface area (Å²) in [4.78, 5) is 26.6. The minimum atomic E-state index is -0.622. The Hall–Kier alpha value is -2.93. The van der Waals surface area contributed by atoms with Crippen LogP contribution in [0.15, 0.2) is 36.4 Å². The molecule has 2 aromatic rings. The van der Waals surface area contributed by atoms with Crippen molar-refractivity contribution in [3.05, 3.63) is 41.4 Å². The molecule has 28 heavy (non-hydrogen) atoms. The minimum Gasteiger partial charge on any atom is -0.495 e. The average molecular weight is 406 g/mol. The molecule has 0 radical (unpaired) electrons. The van der Waals surface area contributed by atoms with Gasteiger partial charge in [-0.25, -0.2) is 0 Å². The molecule has 1 amide bonds. The largest absolute Gasteiger partial charge is 0.495 e. The fourth-order valence-electron chi connectivity index (χ4n) is 3.05. The lowest BCUT2D eigenvalue weighted by Crippen LogP contribution is -2.27. The van der Waals surface area contributed by atoms with Gasteiger partial charge in [-0.1, -0.05) is 23.7 Å². The number of nitrogens with zero attached hydrogens (tertiary/aromatic N) is 1. The van der Waals surface area contributed by atoms with Crippen LogP contribution in [0.4, 0.5) is 5.69 Å². The Bertz CT molecular complexity index is 900. The van der Waals surface area contributed by atoms with Crippen molar-refractivity contribution in [3.8, 4) is 23.0 Å². The van der Waals surface area contributed by atoms with Gasteiger partial charge in [0.15, 0.2) is 11.5 Å². The highest BCUT2D eigenvalue weighted by Crippen LogP contribution is 2.40. The van der Waals surface area contributed by atoms with Crippen LogP contribution in [0.5, 0.6) is 23.0 Å². The van der Waals surface area contributed by atoms with Crippen LogP contribution in [0.3, 0.4) is 0 Å². The van der Waals surface area contributed by atoms with Crippen LogP contribution in [0, 0.1) is 5.92 Å². The second kappa shape index (κ2) is 8.39. The summed E-state index contributed by atoms with van der Waals surface area (Å²) in [5.41, 5.74) is 0.478. The molecule has 0 bridgehead atoms. The standard InChI is InChI=1S/C20H20ClNO6/c1-25-15-6-4-5-7-16(15)28-20(24)12-8-19(23)22(11-12)14-9-13(21)17(26-2)10-18(14)27-3/h4-7,9-10,12H,8,11H2,1-3H3. The molecule has 1 atom stereocenters. The van der Waals surface area contributed by atoms with Gasteiger partial charge in [0.1, 0.15) is 11.5 Å². The number of esters is 1. The molecule has 1 aliphatic heterocycles. The zero-order chi connectivity index (χ0) is 20.3. The molecule has 8 heteroatoms. The van der Waals surface area contributed by atoms with Crippen molar-refractivity contribution in [1.82, 2.24) is 0 Å². The van der Waals surface area contributed by atoms with Gasteiger partial charge >= 0.3 is 5.97 Å². The molecule has 1 fully saturated rings. The summed E-state index contributed by atoms with van der Waals surface area (Å²) in [6.07, 6.45) is 0.0286. The van der Waals surface area contributed by atoms with Gasteiger partial charge in [0.2, 0.25) is 5.91 Å². The van der Waals surface area contributed by atoms with Gasteiger partial charge in [-0.2, -0.15) is 0 Å². The van der Waals surface area contributed by atoms with Crippen LogP contribution in [0.2, 0.25) is 5.02 Å². The number of anilines is 1. The number of rotatable bonds is 6. The summed E-state index contributed by atoms with van der Waals surface area (Å²) in [5.74, 6) is 0.268. The zero-order valence-corrected chi connectivity index (χ0v) is 16.5. The third kappa shape index (κ3) is 3.84. The van der Waals surface area contributed by atoms with E-state index in [-0.39, 0.29) is 18.9 Å². The van der Waals surface area contributed by atoms with Gasteiger partial charge in [-0.3, -0.25) is 9.59 Å². The van der Waals surface area contributed by atoms with E-state index in [1.165, 1.54) is 26.2 Å². The molecule has 0 spiro atoms. The maximum atomic E-state index is 12.6. The van der Waals surface area contributed by atoms with Gasteiger partial charge < -0.3 is 23.8 Å². The average Bonchev–Trinajstić information content (AvgIpc) is 3.09. The Kier molecular flexibility index (Phi) is 5.94. The number of amides is 1. The highest BCUT2D eigenvalue weighted by molar-refractivity contribution is 6.32. The van der Waals surface area contributed by atoms with Gasteiger partial charge in [-0.15, -0.1) is 0 Å². The molecule has 1 aliphatic rings. The first-order valence-corrected chi connectivity index (χ1v) is 8.92. The fourth-order valence-corrected chi connectivity index (χ4v) is 3.28. The van der Waals surface area contributed by atoms with E-state index in [4.69, 9.17) is 30.5 Å². The predicted octanol–water partition coefficient (Wildman–Crippen LogP) is 3.32. The highest BCUT2D eigenvalue weighted by atomic mass is 35.5. The normalized spacial score (nSPS) is 16.1. The molecule has 7 nitrogen and oxygen atoms in total. The van der Waals surface area contributed by atoms with Crippen molar-refractivity contribution < 1.29 is 28.5 Å². The lowest BCUT2D eigenvalue weighted by Gasteiger charge is -2.20. The molecule has 0 aromatic heterocycles. The quantitative estimate of drug-likeness (QED) is 0.542. The molecule has 148 valence electrons. The van der Waals surface area contributed by atoms with E-state index in [1.54, 1.807) is 36.4 Å².